The van der Waals surface area contributed by atoms with Gasteiger partial charge in [0, 0.05) is 25.0 Å². The SMILES string of the molecule is CC(=O)CCC(C)(C)OCCC(C)(C)C(=O)NCCOCCO. The van der Waals surface area contributed by atoms with E-state index >= 15 is 0 Å². The van der Waals surface area contributed by atoms with Crippen LogP contribution in [0.4, 0.5) is 0 Å². The zero-order chi connectivity index (χ0) is 17.9. The molecule has 6 heteroatoms. The maximum atomic E-state index is 12.2. The lowest BCUT2D eigenvalue weighted by Crippen LogP contribution is -2.40. The molecule has 0 fully saturated rings. The molecule has 0 atom stereocenters. The summed E-state index contributed by atoms with van der Waals surface area (Å²) in [6.45, 7) is 10.8. The molecule has 136 valence electrons. The van der Waals surface area contributed by atoms with Crippen molar-refractivity contribution in [2.45, 2.75) is 59.5 Å². The first-order valence-electron chi connectivity index (χ1n) is 8.21. The Bertz CT molecular complexity index is 366. The predicted octanol–water partition coefficient (Wildman–Crippen LogP) is 1.69. The first kappa shape index (κ1) is 22.0. The topological polar surface area (TPSA) is 84.9 Å². The molecule has 0 aliphatic rings. The second kappa shape index (κ2) is 10.7. The Kier molecular flexibility index (Phi) is 10.3. The average Bonchev–Trinajstić information content (AvgIpc) is 2.44. The van der Waals surface area contributed by atoms with Crippen molar-refractivity contribution in [2.24, 2.45) is 5.41 Å². The summed E-state index contributed by atoms with van der Waals surface area (Å²) >= 11 is 0. The number of amides is 1. The summed E-state index contributed by atoms with van der Waals surface area (Å²) in [5.74, 6) is 0.111. The number of aliphatic hydroxyl groups is 1. The fraction of sp³-hybridized carbons (Fsp3) is 0.882. The van der Waals surface area contributed by atoms with Crippen molar-refractivity contribution in [3.8, 4) is 0 Å². The lowest BCUT2D eigenvalue weighted by molar-refractivity contribution is -0.131. The first-order chi connectivity index (χ1) is 10.6. The van der Waals surface area contributed by atoms with E-state index in [0.29, 0.717) is 39.0 Å². The minimum atomic E-state index is -0.534. The molecule has 0 aliphatic carbocycles. The molecule has 0 aliphatic heterocycles. The Morgan fingerprint density at radius 1 is 1.04 bits per heavy atom. The summed E-state index contributed by atoms with van der Waals surface area (Å²) in [4.78, 5) is 23.2. The molecule has 0 saturated carbocycles. The highest BCUT2D eigenvalue weighted by atomic mass is 16.5. The molecule has 0 aromatic carbocycles. The minimum absolute atomic E-state index is 0.0177. The van der Waals surface area contributed by atoms with Crippen LogP contribution in [0.3, 0.4) is 0 Å². The summed E-state index contributed by atoms with van der Waals surface area (Å²) in [7, 11) is 0. The normalized spacial score (nSPS) is 12.3. The van der Waals surface area contributed by atoms with Crippen LogP contribution in [0.2, 0.25) is 0 Å². The van der Waals surface area contributed by atoms with Gasteiger partial charge in [0.15, 0.2) is 0 Å². The number of hydrogen-bond acceptors (Lipinski definition) is 5. The largest absolute Gasteiger partial charge is 0.394 e. The molecule has 0 aromatic rings. The highest BCUT2D eigenvalue weighted by Gasteiger charge is 2.28. The molecule has 2 N–H and O–H groups in total. The van der Waals surface area contributed by atoms with Gasteiger partial charge < -0.3 is 24.7 Å². The van der Waals surface area contributed by atoms with Gasteiger partial charge >= 0.3 is 0 Å². The number of hydrogen-bond donors (Lipinski definition) is 2. The monoisotopic (exact) mass is 331 g/mol. The van der Waals surface area contributed by atoms with Gasteiger partial charge in [-0.15, -0.1) is 0 Å². The Labute approximate surface area is 139 Å². The van der Waals surface area contributed by atoms with Gasteiger partial charge in [-0.05, 0) is 33.6 Å². The number of ketones is 1. The second-order valence-corrected chi connectivity index (χ2v) is 7.04. The van der Waals surface area contributed by atoms with Crippen LogP contribution in [0, 0.1) is 5.41 Å². The van der Waals surface area contributed by atoms with Gasteiger partial charge in [0.05, 0.1) is 25.4 Å². The smallest absolute Gasteiger partial charge is 0.225 e. The molecule has 0 heterocycles. The van der Waals surface area contributed by atoms with Crippen LogP contribution >= 0.6 is 0 Å². The van der Waals surface area contributed by atoms with Crippen LogP contribution in [0.1, 0.15) is 53.9 Å². The van der Waals surface area contributed by atoms with E-state index in [0.717, 1.165) is 0 Å². The standard InChI is InChI=1S/C17H33NO5/c1-14(20)6-7-17(4,5)23-11-8-16(2,3)15(21)18-9-12-22-13-10-19/h19H,6-13H2,1-5H3,(H,18,21). The van der Waals surface area contributed by atoms with E-state index in [2.05, 4.69) is 5.32 Å². The Morgan fingerprint density at radius 3 is 2.26 bits per heavy atom. The Balaban J connectivity index is 4.05. The molecule has 23 heavy (non-hydrogen) atoms. The van der Waals surface area contributed by atoms with Crippen LogP contribution in [0.5, 0.6) is 0 Å². The van der Waals surface area contributed by atoms with E-state index in [1.54, 1.807) is 6.92 Å². The van der Waals surface area contributed by atoms with Gasteiger partial charge in [-0.3, -0.25) is 4.79 Å². The van der Waals surface area contributed by atoms with Crippen molar-refractivity contribution in [3.05, 3.63) is 0 Å². The first-order valence-corrected chi connectivity index (χ1v) is 8.21. The fourth-order valence-corrected chi connectivity index (χ4v) is 1.89. The zero-order valence-corrected chi connectivity index (χ0v) is 15.2. The maximum absolute atomic E-state index is 12.2. The van der Waals surface area contributed by atoms with Crippen molar-refractivity contribution >= 4 is 11.7 Å². The molecule has 6 nitrogen and oxygen atoms in total. The van der Waals surface area contributed by atoms with Crippen molar-refractivity contribution in [2.75, 3.05) is 33.0 Å². The van der Waals surface area contributed by atoms with Crippen LogP contribution in [-0.2, 0) is 19.1 Å². The van der Waals surface area contributed by atoms with Crippen LogP contribution in [0.15, 0.2) is 0 Å². The van der Waals surface area contributed by atoms with E-state index in [1.807, 2.05) is 27.7 Å². The number of ether oxygens (including phenoxy) is 2. The summed E-state index contributed by atoms with van der Waals surface area (Å²) in [5, 5.41) is 11.4. The van der Waals surface area contributed by atoms with Gasteiger partial charge in [0.25, 0.3) is 0 Å². The molecule has 0 aromatic heterocycles. The number of Topliss-reactive ketones (excluding diaryl/α,β-unsaturated/α-hetero) is 1. The number of nitrogens with one attached hydrogen (secondary N) is 1. The fourth-order valence-electron chi connectivity index (χ4n) is 1.89. The third kappa shape index (κ3) is 11.2. The van der Waals surface area contributed by atoms with E-state index in [4.69, 9.17) is 14.6 Å². The molecule has 1 amide bonds. The van der Waals surface area contributed by atoms with Gasteiger partial charge in [-0.1, -0.05) is 13.8 Å². The van der Waals surface area contributed by atoms with E-state index in [1.165, 1.54) is 0 Å². The summed E-state index contributed by atoms with van der Waals surface area (Å²) in [5.41, 5.74) is -0.899. The summed E-state index contributed by atoms with van der Waals surface area (Å²) in [6.07, 6.45) is 1.78. The van der Waals surface area contributed by atoms with E-state index in [9.17, 15) is 9.59 Å². The quantitative estimate of drug-likeness (QED) is 0.502. The van der Waals surface area contributed by atoms with Crippen LogP contribution in [0.25, 0.3) is 0 Å². The molecule has 0 unspecified atom stereocenters. The van der Waals surface area contributed by atoms with Gasteiger partial charge in [-0.25, -0.2) is 0 Å². The minimum Gasteiger partial charge on any atom is -0.394 e. The van der Waals surface area contributed by atoms with Gasteiger partial charge in [0.1, 0.15) is 5.78 Å². The molecule has 0 rings (SSSR count). The van der Waals surface area contributed by atoms with E-state index < -0.39 is 5.41 Å². The van der Waals surface area contributed by atoms with Crippen molar-refractivity contribution < 1.29 is 24.2 Å². The predicted molar refractivity (Wildman–Crippen MR) is 89.3 cm³/mol. The van der Waals surface area contributed by atoms with Crippen LogP contribution in [-0.4, -0.2) is 55.4 Å². The van der Waals surface area contributed by atoms with Crippen molar-refractivity contribution in [3.63, 3.8) is 0 Å². The lowest BCUT2D eigenvalue weighted by Gasteiger charge is -2.28. The Morgan fingerprint density at radius 2 is 1.70 bits per heavy atom. The number of carbonyl (C=O) groups excluding carboxylic acids is 2. The highest BCUT2D eigenvalue weighted by molar-refractivity contribution is 5.81. The van der Waals surface area contributed by atoms with Crippen LogP contribution < -0.4 is 5.32 Å². The zero-order valence-electron chi connectivity index (χ0n) is 15.2. The summed E-state index contributed by atoms with van der Waals surface area (Å²) < 4.78 is 10.9. The molecule has 0 saturated heterocycles. The average molecular weight is 331 g/mol. The molecular formula is C17H33NO5. The maximum Gasteiger partial charge on any atom is 0.225 e. The number of aliphatic hydroxyl groups excluding tert-OH is 1. The molecular weight excluding hydrogens is 298 g/mol. The van der Waals surface area contributed by atoms with Crippen molar-refractivity contribution in [1.82, 2.24) is 5.32 Å². The molecule has 0 radical (unpaired) electrons. The van der Waals surface area contributed by atoms with E-state index in [-0.39, 0.29) is 30.5 Å². The van der Waals surface area contributed by atoms with Gasteiger partial charge in [0.2, 0.25) is 5.91 Å². The third-order valence-electron chi connectivity index (χ3n) is 3.68. The van der Waals surface area contributed by atoms with Gasteiger partial charge in [-0.2, -0.15) is 0 Å². The molecule has 0 spiro atoms. The summed E-state index contributed by atoms with van der Waals surface area (Å²) in [6, 6.07) is 0. The number of rotatable bonds is 13. The number of carbonyl (C=O) groups is 2. The van der Waals surface area contributed by atoms with Crippen molar-refractivity contribution in [1.29, 1.82) is 0 Å². The Hall–Kier alpha value is -0.980. The second-order valence-electron chi connectivity index (χ2n) is 7.04. The highest BCUT2D eigenvalue weighted by Crippen LogP contribution is 2.23. The molecule has 0 bridgehead atoms. The third-order valence-corrected chi connectivity index (χ3v) is 3.68. The lowest BCUT2D eigenvalue weighted by atomic mass is 9.88.